The molecule has 298 valence electrons. The summed E-state index contributed by atoms with van der Waals surface area (Å²) in [5.74, 6) is -1.68. The first-order valence-electron chi connectivity index (χ1n) is 17.0. The number of rotatable bonds is 17. The highest BCUT2D eigenvalue weighted by molar-refractivity contribution is 7.87. The van der Waals surface area contributed by atoms with Crippen molar-refractivity contribution in [2.45, 2.75) is 98.2 Å². The summed E-state index contributed by atoms with van der Waals surface area (Å²) in [6.07, 6.45) is 6.69. The van der Waals surface area contributed by atoms with Crippen LogP contribution in [-0.2, 0) is 56.1 Å². The molecule has 0 saturated heterocycles. The van der Waals surface area contributed by atoms with Crippen LogP contribution >= 0.6 is 0 Å². The van der Waals surface area contributed by atoms with Gasteiger partial charge in [0.25, 0.3) is 30.4 Å². The Morgan fingerprint density at radius 1 is 0.870 bits per heavy atom. The molecule has 4 N–H and O–H groups in total. The van der Waals surface area contributed by atoms with Crippen LogP contribution in [0.5, 0.6) is 0 Å². The largest absolute Gasteiger partial charge is 0.748 e. The highest BCUT2D eigenvalue weighted by atomic mass is 32.2. The molecule has 16 nitrogen and oxygen atoms in total. The van der Waals surface area contributed by atoms with Crippen LogP contribution in [0.15, 0.2) is 68.9 Å². The van der Waals surface area contributed by atoms with Crippen LogP contribution in [0.4, 0.5) is 11.4 Å². The molecule has 2 aromatic carbocycles. The topological polar surface area (TPSA) is 264 Å². The molecular weight excluding hydrogens is 789 g/mol. The third-order valence-electron chi connectivity index (χ3n) is 9.77. The zero-order chi connectivity index (χ0) is 40.7. The van der Waals surface area contributed by atoms with Gasteiger partial charge in [0.05, 0.1) is 21.1 Å². The van der Waals surface area contributed by atoms with Gasteiger partial charge in [0.2, 0.25) is 5.69 Å². The van der Waals surface area contributed by atoms with Gasteiger partial charge in [-0.25, -0.2) is 8.42 Å². The number of fused-ring (bicyclic) bond motifs is 2. The first-order valence-corrected chi connectivity index (χ1v) is 22.9. The summed E-state index contributed by atoms with van der Waals surface area (Å²) in [6, 6.07) is 6.07. The van der Waals surface area contributed by atoms with Crippen molar-refractivity contribution in [2.75, 3.05) is 23.7 Å². The van der Waals surface area contributed by atoms with E-state index in [1.54, 1.807) is 54.5 Å². The van der Waals surface area contributed by atoms with E-state index < -0.39 is 72.8 Å². The molecule has 2 aromatic rings. The summed E-state index contributed by atoms with van der Waals surface area (Å²) in [5, 5.41) is 9.07. The van der Waals surface area contributed by atoms with E-state index in [0.29, 0.717) is 55.3 Å². The fourth-order valence-electron chi connectivity index (χ4n) is 7.59. The highest BCUT2D eigenvalue weighted by Crippen LogP contribution is 2.53. The number of aliphatic carboxylic acids is 1. The summed E-state index contributed by atoms with van der Waals surface area (Å²) < 4.78 is 142. The van der Waals surface area contributed by atoms with Gasteiger partial charge in [-0.1, -0.05) is 25.5 Å². The number of unbranched alkanes of at least 4 members (excludes halogenated alkanes) is 2. The quantitative estimate of drug-likeness (QED) is 0.0978. The fourth-order valence-corrected chi connectivity index (χ4v) is 10.4. The van der Waals surface area contributed by atoms with E-state index in [0.717, 1.165) is 6.07 Å². The smallest absolute Gasteiger partial charge is 0.303 e. The lowest BCUT2D eigenvalue weighted by Crippen LogP contribution is -2.31. The average Bonchev–Trinajstić information content (AvgIpc) is 3.38. The van der Waals surface area contributed by atoms with Gasteiger partial charge in [0.15, 0.2) is 5.71 Å². The molecule has 4 rings (SSSR count). The number of benzene rings is 2. The molecule has 1 atom stereocenters. The summed E-state index contributed by atoms with van der Waals surface area (Å²) in [6.45, 7) is 7.05. The molecule has 1 unspecified atom stereocenters. The minimum Gasteiger partial charge on any atom is -0.748 e. The zero-order valence-electron chi connectivity index (χ0n) is 30.1. The molecule has 2 aliphatic heterocycles. The van der Waals surface area contributed by atoms with Gasteiger partial charge >= 0.3 is 5.97 Å². The third kappa shape index (κ3) is 9.13. The summed E-state index contributed by atoms with van der Waals surface area (Å²) in [7, 11) is -19.3. The Bertz CT molecular complexity index is 2380. The number of hydrogen-bond acceptors (Lipinski definition) is 11. The minimum absolute atomic E-state index is 0.0194. The lowest BCUT2D eigenvalue weighted by Gasteiger charge is -2.30. The Balaban J connectivity index is 1.96. The van der Waals surface area contributed by atoms with Gasteiger partial charge in [-0.05, 0) is 70.7 Å². The molecule has 0 aromatic heterocycles. The van der Waals surface area contributed by atoms with Crippen LogP contribution in [0.2, 0.25) is 0 Å². The Hall–Kier alpha value is -3.50. The monoisotopic (exact) mass is 832 g/mol. The normalized spacial score (nSPS) is 19.6. The third-order valence-corrected chi connectivity index (χ3v) is 13.2. The lowest BCUT2D eigenvalue weighted by atomic mass is 9.77. The number of allylic oxidation sites excluding steroid dienone is 4. The molecule has 2 aliphatic rings. The highest BCUT2D eigenvalue weighted by Gasteiger charge is 2.49. The van der Waals surface area contributed by atoms with Crippen molar-refractivity contribution >= 4 is 63.5 Å². The second-order valence-electron chi connectivity index (χ2n) is 14.0. The molecule has 54 heavy (non-hydrogen) atoms. The van der Waals surface area contributed by atoms with Crippen molar-refractivity contribution in [3.05, 3.63) is 65.4 Å². The maximum absolute atomic E-state index is 12.7. The van der Waals surface area contributed by atoms with E-state index >= 15 is 0 Å². The first kappa shape index (κ1) is 43.2. The predicted molar refractivity (Wildman–Crippen MR) is 197 cm³/mol. The van der Waals surface area contributed by atoms with Gasteiger partial charge < -0.3 is 14.6 Å². The predicted octanol–water partition coefficient (Wildman–Crippen LogP) is 4.40. The Kier molecular flexibility index (Phi) is 12.5. The van der Waals surface area contributed by atoms with Gasteiger partial charge in [-0.2, -0.15) is 29.8 Å². The number of carboxylic acid groups (broad SMARTS) is 1. The van der Waals surface area contributed by atoms with Crippen molar-refractivity contribution in [1.82, 2.24) is 0 Å². The van der Waals surface area contributed by atoms with Crippen LogP contribution in [-0.4, -0.2) is 92.1 Å². The SMILES string of the molecule is CCCC1(C)/C(=C\C=C\C2=[N+](CCCCCC(=O)O)c3cc(S(=O)(=O)O)cc(S(=O)(=O)O)c3C2(C)C)N(CCCS(=O)(=O)[O-])c2cccc(S(=O)(=O)O)c21. The molecule has 0 radical (unpaired) electrons. The van der Waals surface area contributed by atoms with Gasteiger partial charge in [0, 0.05) is 59.6 Å². The maximum Gasteiger partial charge on any atom is 0.303 e. The molecule has 20 heteroatoms. The standard InChI is InChI=1S/C34H44N2O14S4/c1-5-17-34(4)29(35(19-11-20-51(39,40)41)24-12-9-13-26(32(24)34)53(45,46)47)15-10-14-28-33(2,3)31-25(36(28)18-8-6-7-16-30(37)38)21-23(52(42,43)44)22-27(31)54(48,49)50/h9-10,12-15,21-22H,5-8,11,16-20H2,1-4H3,(H4-,37,38,39,40,41,42,43,44,45,46,47,48,49,50). The molecule has 0 saturated carbocycles. The van der Waals surface area contributed by atoms with Gasteiger partial charge in [-0.15, -0.1) is 0 Å². The molecule has 0 fully saturated rings. The minimum atomic E-state index is -5.05. The van der Waals surface area contributed by atoms with Crippen molar-refractivity contribution in [1.29, 1.82) is 0 Å². The molecule has 0 amide bonds. The van der Waals surface area contributed by atoms with E-state index in [4.69, 9.17) is 5.11 Å². The van der Waals surface area contributed by atoms with Crippen molar-refractivity contribution in [3.8, 4) is 0 Å². The Morgan fingerprint density at radius 2 is 1.52 bits per heavy atom. The molecule has 0 bridgehead atoms. The zero-order valence-corrected chi connectivity index (χ0v) is 33.4. The summed E-state index contributed by atoms with van der Waals surface area (Å²) in [4.78, 5) is 10.9. The van der Waals surface area contributed by atoms with Gasteiger partial charge in [-0.3, -0.25) is 18.5 Å². The summed E-state index contributed by atoms with van der Waals surface area (Å²) in [5.41, 5.74) is -0.630. The second kappa shape index (κ2) is 15.6. The molecule has 0 aliphatic carbocycles. The van der Waals surface area contributed by atoms with E-state index in [1.165, 1.54) is 12.1 Å². The van der Waals surface area contributed by atoms with Crippen LogP contribution in [0.3, 0.4) is 0 Å². The number of anilines is 1. The van der Waals surface area contributed by atoms with Crippen LogP contribution in [0.1, 0.15) is 83.8 Å². The van der Waals surface area contributed by atoms with E-state index in [-0.39, 0.29) is 47.6 Å². The summed E-state index contributed by atoms with van der Waals surface area (Å²) >= 11 is 0. The molecule has 0 spiro atoms. The number of carbonyl (C=O) groups is 1. The average molecular weight is 833 g/mol. The van der Waals surface area contributed by atoms with Crippen LogP contribution in [0, 0.1) is 0 Å². The number of nitrogens with zero attached hydrogens (tertiary/aromatic N) is 2. The van der Waals surface area contributed by atoms with Gasteiger partial charge in [0.1, 0.15) is 21.2 Å². The Morgan fingerprint density at radius 3 is 2.07 bits per heavy atom. The van der Waals surface area contributed by atoms with Crippen molar-refractivity contribution < 1.29 is 66.4 Å². The van der Waals surface area contributed by atoms with E-state index in [9.17, 15) is 56.7 Å². The van der Waals surface area contributed by atoms with E-state index in [1.807, 2.05) is 6.92 Å². The second-order valence-corrected chi connectivity index (χ2v) is 19.7. The first-order chi connectivity index (χ1) is 24.7. The maximum atomic E-state index is 12.7. The molecule has 2 heterocycles. The van der Waals surface area contributed by atoms with Crippen molar-refractivity contribution in [3.63, 3.8) is 0 Å². The number of carboxylic acids is 1. The fraction of sp³-hybridized carbons (Fsp3) is 0.471. The molecular formula is C34H44N2O14S4. The van der Waals surface area contributed by atoms with Crippen molar-refractivity contribution in [2.24, 2.45) is 0 Å². The Labute approximate surface area is 315 Å². The van der Waals surface area contributed by atoms with Crippen LogP contribution < -0.4 is 4.90 Å². The van der Waals surface area contributed by atoms with Crippen LogP contribution in [0.25, 0.3) is 0 Å². The lowest BCUT2D eigenvalue weighted by molar-refractivity contribution is -0.438. The van der Waals surface area contributed by atoms with E-state index in [2.05, 4.69) is 0 Å². The number of hydrogen-bond donors (Lipinski definition) is 4.